The van der Waals surface area contributed by atoms with Crippen molar-refractivity contribution in [2.45, 2.75) is 0 Å². The Morgan fingerprint density at radius 2 is 1.92 bits per heavy atom. The van der Waals surface area contributed by atoms with Crippen LogP contribution in [0.5, 0.6) is 0 Å². The van der Waals surface area contributed by atoms with Gasteiger partial charge in [-0.25, -0.2) is 0 Å². The summed E-state index contributed by atoms with van der Waals surface area (Å²) in [6.45, 7) is 0. The maximum atomic E-state index is 4.11. The summed E-state index contributed by atoms with van der Waals surface area (Å²) in [5, 5.41) is 1.14. The SMILES string of the molecule is Brc1[c-]nc2ccccc2c1.[Cl-].[Mg+2]. The standard InChI is InChI=1S/C9H5BrN.ClH.Mg/c10-8-5-7-3-1-2-4-9(7)11-6-8;;/h1-5H;1H;/q-1;;+2/p-1. The zero-order valence-corrected chi connectivity index (χ0v) is 10.6. The molecule has 62 valence electrons. The molecule has 2 rings (SSSR count). The number of fused-ring (bicyclic) bond motifs is 1. The summed E-state index contributed by atoms with van der Waals surface area (Å²) in [7, 11) is 0. The Balaban J connectivity index is 0.000000720. The molecule has 0 atom stereocenters. The van der Waals surface area contributed by atoms with Crippen LogP contribution in [0.1, 0.15) is 0 Å². The van der Waals surface area contributed by atoms with Crippen molar-refractivity contribution in [2.24, 2.45) is 0 Å². The van der Waals surface area contributed by atoms with Crippen LogP contribution in [0.2, 0.25) is 0 Å². The van der Waals surface area contributed by atoms with Crippen molar-refractivity contribution in [3.8, 4) is 0 Å². The van der Waals surface area contributed by atoms with Crippen molar-refractivity contribution in [2.75, 3.05) is 0 Å². The fraction of sp³-hybridized carbons (Fsp3) is 0. The third-order valence-electron chi connectivity index (χ3n) is 1.50. The zero-order valence-electron chi connectivity index (χ0n) is 6.80. The van der Waals surface area contributed by atoms with Crippen LogP contribution in [0.15, 0.2) is 34.8 Å². The van der Waals surface area contributed by atoms with E-state index in [1.54, 1.807) is 0 Å². The predicted octanol–water partition coefficient (Wildman–Crippen LogP) is -0.579. The number of halogens is 2. The molecule has 0 unspecified atom stereocenters. The molecule has 1 aromatic heterocycles. The third-order valence-corrected chi connectivity index (χ3v) is 1.91. The van der Waals surface area contributed by atoms with Crippen LogP contribution < -0.4 is 12.4 Å². The smallest absolute Gasteiger partial charge is 1.00 e. The number of pyridine rings is 1. The minimum atomic E-state index is 0. The van der Waals surface area contributed by atoms with Gasteiger partial charge in [-0.05, 0) is 5.52 Å². The van der Waals surface area contributed by atoms with E-state index in [9.17, 15) is 0 Å². The molecule has 1 aromatic carbocycles. The van der Waals surface area contributed by atoms with Crippen LogP contribution in [0.3, 0.4) is 0 Å². The first-order valence-electron chi connectivity index (χ1n) is 3.29. The average Bonchev–Trinajstić information content (AvgIpc) is 2.04. The molecular weight excluding hydrogens is 262 g/mol. The van der Waals surface area contributed by atoms with Gasteiger partial charge in [-0.1, -0.05) is 50.9 Å². The predicted molar refractivity (Wildman–Crippen MR) is 54.0 cm³/mol. The van der Waals surface area contributed by atoms with E-state index in [0.29, 0.717) is 0 Å². The molecule has 0 saturated heterocycles. The Bertz CT molecular complexity index is 394. The molecule has 4 heteroatoms. The minimum absolute atomic E-state index is 0. The molecule has 1 nitrogen and oxygen atoms in total. The Labute approximate surface area is 108 Å². The second kappa shape index (κ2) is 5.80. The molecule has 0 aliphatic rings. The van der Waals surface area contributed by atoms with Gasteiger partial charge in [0.25, 0.3) is 0 Å². The Kier molecular flexibility index (Phi) is 5.88. The van der Waals surface area contributed by atoms with Gasteiger partial charge in [0.15, 0.2) is 0 Å². The van der Waals surface area contributed by atoms with E-state index in [-0.39, 0.29) is 35.5 Å². The topological polar surface area (TPSA) is 12.9 Å². The normalized spacial score (nSPS) is 8.69. The van der Waals surface area contributed by atoms with Gasteiger partial charge in [0.2, 0.25) is 0 Å². The largest absolute Gasteiger partial charge is 2.00 e. The van der Waals surface area contributed by atoms with E-state index >= 15 is 0 Å². The molecule has 0 amide bonds. The minimum Gasteiger partial charge on any atom is -1.00 e. The average molecular weight is 267 g/mol. The number of para-hydroxylation sites is 1. The molecule has 0 bridgehead atoms. The first kappa shape index (κ1) is 13.2. The quantitative estimate of drug-likeness (QED) is 0.459. The number of nitrogens with zero attached hydrogens (tertiary/aromatic N) is 1. The van der Waals surface area contributed by atoms with Gasteiger partial charge in [0.1, 0.15) is 0 Å². The van der Waals surface area contributed by atoms with Crippen molar-refractivity contribution in [1.29, 1.82) is 0 Å². The van der Waals surface area contributed by atoms with Gasteiger partial charge < -0.3 is 17.4 Å². The summed E-state index contributed by atoms with van der Waals surface area (Å²) in [5.41, 5.74) is 0.982. The maximum absolute atomic E-state index is 4.11. The fourth-order valence-corrected chi connectivity index (χ4v) is 1.33. The van der Waals surface area contributed by atoms with Crippen LogP contribution in [0.4, 0.5) is 0 Å². The number of benzene rings is 1. The monoisotopic (exact) mass is 265 g/mol. The van der Waals surface area contributed by atoms with Gasteiger partial charge in [-0.3, -0.25) is 0 Å². The van der Waals surface area contributed by atoms with Crippen molar-refractivity contribution in [3.05, 3.63) is 41.0 Å². The molecule has 0 saturated carbocycles. The van der Waals surface area contributed by atoms with Gasteiger partial charge in [-0.15, -0.1) is 11.5 Å². The third kappa shape index (κ3) is 3.09. The number of aromatic nitrogens is 1. The van der Waals surface area contributed by atoms with E-state index in [0.717, 1.165) is 15.4 Å². The summed E-state index contributed by atoms with van der Waals surface area (Å²) < 4.78 is 0.899. The van der Waals surface area contributed by atoms with Gasteiger partial charge in [-0.2, -0.15) is 0 Å². The van der Waals surface area contributed by atoms with Crippen LogP contribution in [0.25, 0.3) is 10.9 Å². The second-order valence-electron chi connectivity index (χ2n) is 2.27. The first-order valence-corrected chi connectivity index (χ1v) is 4.08. The summed E-state index contributed by atoms with van der Waals surface area (Å²) in [6.07, 6.45) is 2.84. The van der Waals surface area contributed by atoms with E-state index in [1.807, 2.05) is 30.3 Å². The molecule has 1 heterocycles. The summed E-state index contributed by atoms with van der Waals surface area (Å²) >= 11 is 3.31. The number of hydrogen-bond donors (Lipinski definition) is 0. The molecule has 0 N–H and O–H groups in total. The number of hydrogen-bond acceptors (Lipinski definition) is 1. The molecule has 0 radical (unpaired) electrons. The van der Waals surface area contributed by atoms with Gasteiger partial charge in [0, 0.05) is 0 Å². The van der Waals surface area contributed by atoms with Crippen molar-refractivity contribution < 1.29 is 12.4 Å². The van der Waals surface area contributed by atoms with Crippen molar-refractivity contribution in [3.63, 3.8) is 0 Å². The summed E-state index contributed by atoms with van der Waals surface area (Å²) in [5.74, 6) is 0. The van der Waals surface area contributed by atoms with Crippen LogP contribution in [0, 0.1) is 6.20 Å². The van der Waals surface area contributed by atoms with Gasteiger partial charge in [0.05, 0.1) is 0 Å². The van der Waals surface area contributed by atoms with Crippen molar-refractivity contribution in [1.82, 2.24) is 4.98 Å². The summed E-state index contributed by atoms with van der Waals surface area (Å²) in [6, 6.07) is 9.97. The Hall–Kier alpha value is 0.166. The Morgan fingerprint density at radius 3 is 2.69 bits per heavy atom. The van der Waals surface area contributed by atoms with Gasteiger partial charge >= 0.3 is 23.1 Å². The van der Waals surface area contributed by atoms with E-state index in [1.165, 1.54) is 0 Å². The molecular formula is C9H5BrClMgN. The summed E-state index contributed by atoms with van der Waals surface area (Å²) in [4.78, 5) is 4.11. The van der Waals surface area contributed by atoms with Crippen LogP contribution >= 0.6 is 15.9 Å². The number of rotatable bonds is 0. The Morgan fingerprint density at radius 1 is 1.23 bits per heavy atom. The molecule has 0 spiro atoms. The fourth-order valence-electron chi connectivity index (χ4n) is 0.994. The molecule has 13 heavy (non-hydrogen) atoms. The zero-order chi connectivity index (χ0) is 7.68. The van der Waals surface area contributed by atoms with E-state index in [4.69, 9.17) is 0 Å². The van der Waals surface area contributed by atoms with Crippen molar-refractivity contribution >= 4 is 49.9 Å². The maximum Gasteiger partial charge on any atom is 2.00 e. The first-order chi connectivity index (χ1) is 5.36. The molecule has 0 aliphatic heterocycles. The molecule has 0 aliphatic carbocycles. The van der Waals surface area contributed by atoms with Crippen LogP contribution in [-0.2, 0) is 0 Å². The molecule has 2 aromatic rings. The molecule has 0 fully saturated rings. The van der Waals surface area contributed by atoms with E-state index < -0.39 is 0 Å². The van der Waals surface area contributed by atoms with E-state index in [2.05, 4.69) is 27.1 Å². The van der Waals surface area contributed by atoms with Crippen LogP contribution in [-0.4, -0.2) is 28.0 Å². The second-order valence-corrected chi connectivity index (χ2v) is 3.13.